The summed E-state index contributed by atoms with van der Waals surface area (Å²) in [5.41, 5.74) is -5.83. The zero-order valence-corrected chi connectivity index (χ0v) is 35.8. The first kappa shape index (κ1) is 46.9. The second-order valence-corrected chi connectivity index (χ2v) is 21.3. The van der Waals surface area contributed by atoms with Gasteiger partial charge in [0.1, 0.15) is 48.8 Å². The molecule has 7 fully saturated rings. The third kappa shape index (κ3) is 6.61. The molecule has 7 rings (SSSR count). The van der Waals surface area contributed by atoms with Crippen LogP contribution in [0.15, 0.2) is 0 Å². The summed E-state index contributed by atoms with van der Waals surface area (Å²) in [4.78, 5) is 14.3. The SMILES string of the molecule is CC(C)[C@@](O)(CC[C@](C)(O)[C@H]1CC[C@@]2(C)[C@@H]3CC[C@H]4[C@](C)(C(=O)O[C@@H]5O[C@H](CO)[C@@H](O)[C@H](O)[C@H]5O)[C@@H](O)C[C@H](O)[C@@]45C[C@@]35CC[C@]12C)CO[C@@H]1O[C@H](CO)[C@@H](O)[C@H](O)[C@H]1O. The van der Waals surface area contributed by atoms with E-state index in [4.69, 9.17) is 18.9 Å². The number of ether oxygens (including phenoxy) is 4. The molecule has 2 spiro atoms. The van der Waals surface area contributed by atoms with Crippen molar-refractivity contribution in [1.29, 1.82) is 0 Å². The van der Waals surface area contributed by atoms with Gasteiger partial charge >= 0.3 is 5.97 Å². The highest BCUT2D eigenvalue weighted by atomic mass is 16.7. The molecule has 2 aliphatic heterocycles. The molecule has 7 aliphatic rings. The van der Waals surface area contributed by atoms with Gasteiger partial charge in [-0.2, -0.15) is 0 Å². The van der Waals surface area contributed by atoms with Gasteiger partial charge in [-0.05, 0) is 112 Å². The Morgan fingerprint density at radius 3 is 1.87 bits per heavy atom. The Balaban J connectivity index is 1.07. The summed E-state index contributed by atoms with van der Waals surface area (Å²) in [5.74, 6) is -1.70. The molecule has 0 unspecified atom stereocenters. The van der Waals surface area contributed by atoms with E-state index in [-0.39, 0.29) is 59.9 Å². The van der Waals surface area contributed by atoms with E-state index >= 15 is 0 Å². The number of aliphatic hydroxyl groups excluding tert-OH is 10. The monoisotopic (exact) mass is 860 g/mol. The smallest absolute Gasteiger partial charge is 0.317 e. The Morgan fingerprint density at radius 1 is 0.717 bits per heavy atom. The lowest BCUT2D eigenvalue weighted by Crippen LogP contribution is -2.65. The van der Waals surface area contributed by atoms with E-state index in [0.717, 1.165) is 25.7 Å². The summed E-state index contributed by atoms with van der Waals surface area (Å²) >= 11 is 0. The molecule has 60 heavy (non-hydrogen) atoms. The maximum atomic E-state index is 14.3. The van der Waals surface area contributed by atoms with Crippen LogP contribution in [0.3, 0.4) is 0 Å². The summed E-state index contributed by atoms with van der Waals surface area (Å²) < 4.78 is 22.5. The molecular formula is C43H72O17. The average Bonchev–Trinajstić information content (AvgIpc) is 3.81. The van der Waals surface area contributed by atoms with Crippen molar-refractivity contribution in [3.05, 3.63) is 0 Å². The van der Waals surface area contributed by atoms with Gasteiger partial charge in [-0.15, -0.1) is 0 Å². The van der Waals surface area contributed by atoms with Crippen molar-refractivity contribution in [1.82, 2.24) is 0 Å². The minimum Gasteiger partial charge on any atom is -0.432 e. The predicted octanol–water partition coefficient (Wildman–Crippen LogP) is -1.18. The van der Waals surface area contributed by atoms with Crippen LogP contribution in [0.4, 0.5) is 0 Å². The molecule has 5 aliphatic carbocycles. The second-order valence-electron chi connectivity index (χ2n) is 21.3. The molecule has 0 aromatic heterocycles. The summed E-state index contributed by atoms with van der Waals surface area (Å²) in [5, 5.41) is 129. The first-order valence-corrected chi connectivity index (χ1v) is 22.1. The van der Waals surface area contributed by atoms with Crippen LogP contribution in [0.25, 0.3) is 0 Å². The van der Waals surface area contributed by atoms with Crippen molar-refractivity contribution in [2.75, 3.05) is 19.8 Å². The highest BCUT2D eigenvalue weighted by Crippen LogP contribution is 2.89. The number of aliphatic hydroxyl groups is 12. The number of rotatable bonds is 12. The molecule has 346 valence electrons. The third-order valence-corrected chi connectivity index (χ3v) is 18.5. The van der Waals surface area contributed by atoms with Crippen molar-refractivity contribution >= 4 is 5.97 Å². The van der Waals surface area contributed by atoms with Gasteiger partial charge in [-0.1, -0.05) is 27.7 Å². The Labute approximate surface area is 351 Å². The summed E-state index contributed by atoms with van der Waals surface area (Å²) in [6.07, 6.45) is -12.5. The number of fused-ring (bicyclic) bond motifs is 2. The van der Waals surface area contributed by atoms with Gasteiger partial charge in [0, 0.05) is 11.8 Å². The van der Waals surface area contributed by atoms with Gasteiger partial charge in [0.05, 0.1) is 48.6 Å². The molecule has 17 nitrogen and oxygen atoms in total. The molecule has 0 aromatic carbocycles. The lowest BCUT2D eigenvalue weighted by atomic mass is 9.41. The highest BCUT2D eigenvalue weighted by molar-refractivity contribution is 5.78. The summed E-state index contributed by atoms with van der Waals surface area (Å²) in [6, 6.07) is 0. The minimum atomic E-state index is -1.80. The maximum Gasteiger partial charge on any atom is 0.317 e. The molecular weight excluding hydrogens is 788 g/mol. The van der Waals surface area contributed by atoms with E-state index in [1.165, 1.54) is 0 Å². The van der Waals surface area contributed by atoms with E-state index in [0.29, 0.717) is 19.3 Å². The van der Waals surface area contributed by atoms with Crippen LogP contribution in [0.1, 0.15) is 106 Å². The number of carbonyl (C=O) groups is 1. The third-order valence-electron chi connectivity index (χ3n) is 18.5. The number of hydrogen-bond donors (Lipinski definition) is 12. The first-order valence-electron chi connectivity index (χ1n) is 22.1. The molecule has 5 saturated carbocycles. The maximum absolute atomic E-state index is 14.3. The standard InChI is InChI=1S/C43H72O17/c1-20(2)42(56,19-57-34-32(52)30(50)28(48)21(16-44)58-34)14-12-39(5,55)23-9-10-37(3)24-7-8-25-40(6,36(54)60-35-33(53)31(51)29(49)22(17-45)59-35)26(46)15-27(47)43(25)18-41(24,43)13-11-38(23,37)4/h20-35,44-53,55-56H,7-19H2,1-6H3/t21-,22-,23+,24+,25+,26+,27+,28-,29-,30+,31+,32-,33-,34-,35+,37+,38-,39+,40+,41+,42-,43-/m1/s1. The lowest BCUT2D eigenvalue weighted by molar-refractivity contribution is -0.310. The van der Waals surface area contributed by atoms with Gasteiger partial charge in [-0.3, -0.25) is 4.79 Å². The van der Waals surface area contributed by atoms with Gasteiger partial charge < -0.3 is 80.2 Å². The topological polar surface area (TPSA) is 297 Å². The summed E-state index contributed by atoms with van der Waals surface area (Å²) in [7, 11) is 0. The highest BCUT2D eigenvalue weighted by Gasteiger charge is 2.86. The van der Waals surface area contributed by atoms with Crippen LogP contribution < -0.4 is 0 Å². The molecule has 17 heteroatoms. The number of carbonyl (C=O) groups excluding carboxylic acids is 1. The number of esters is 1. The van der Waals surface area contributed by atoms with Crippen LogP contribution >= 0.6 is 0 Å². The van der Waals surface area contributed by atoms with Crippen molar-refractivity contribution in [3.8, 4) is 0 Å². The summed E-state index contributed by atoms with van der Waals surface area (Å²) in [6.45, 7) is 10.1. The second kappa shape index (κ2) is 15.8. The van der Waals surface area contributed by atoms with Gasteiger partial charge in [0.15, 0.2) is 6.29 Å². The van der Waals surface area contributed by atoms with Crippen LogP contribution in [0.5, 0.6) is 0 Å². The van der Waals surface area contributed by atoms with E-state index in [9.17, 15) is 66.1 Å². The predicted molar refractivity (Wildman–Crippen MR) is 208 cm³/mol. The lowest BCUT2D eigenvalue weighted by Gasteiger charge is -2.64. The van der Waals surface area contributed by atoms with Crippen molar-refractivity contribution < 1.29 is 85.0 Å². The fourth-order valence-electron chi connectivity index (χ4n) is 14.3. The van der Waals surface area contributed by atoms with Crippen molar-refractivity contribution in [2.45, 2.75) is 191 Å². The Hall–Kier alpha value is -1.13. The fourth-order valence-corrected chi connectivity index (χ4v) is 14.3. The Kier molecular flexibility index (Phi) is 12.3. The van der Waals surface area contributed by atoms with Crippen molar-refractivity contribution in [3.63, 3.8) is 0 Å². The van der Waals surface area contributed by atoms with E-state index in [1.54, 1.807) is 6.92 Å². The first-order chi connectivity index (χ1) is 27.9. The van der Waals surface area contributed by atoms with Crippen LogP contribution in [-0.4, -0.2) is 172 Å². The van der Waals surface area contributed by atoms with E-state index < -0.39 is 121 Å². The zero-order chi connectivity index (χ0) is 44.3. The van der Waals surface area contributed by atoms with E-state index in [1.807, 2.05) is 20.8 Å². The largest absolute Gasteiger partial charge is 0.432 e. The normalized spacial score (nSPS) is 53.2. The van der Waals surface area contributed by atoms with Crippen LogP contribution in [0.2, 0.25) is 0 Å². The Bertz CT molecular complexity index is 1580. The Morgan fingerprint density at radius 2 is 1.28 bits per heavy atom. The molecule has 0 bridgehead atoms. The molecule has 22 atom stereocenters. The molecule has 0 radical (unpaired) electrons. The molecule has 12 N–H and O–H groups in total. The molecule has 0 aromatic rings. The quantitative estimate of drug-likeness (QED) is 0.103. The number of hydrogen-bond acceptors (Lipinski definition) is 17. The van der Waals surface area contributed by atoms with Gasteiger partial charge in [0.25, 0.3) is 0 Å². The molecule has 2 saturated heterocycles. The molecule has 2 heterocycles. The zero-order valence-electron chi connectivity index (χ0n) is 35.8. The average molecular weight is 861 g/mol. The van der Waals surface area contributed by atoms with Gasteiger partial charge in [-0.25, -0.2) is 0 Å². The van der Waals surface area contributed by atoms with Crippen LogP contribution in [0, 0.1) is 50.7 Å². The minimum absolute atomic E-state index is 0.0601. The van der Waals surface area contributed by atoms with Crippen LogP contribution in [-0.2, 0) is 23.7 Å². The van der Waals surface area contributed by atoms with Crippen molar-refractivity contribution in [2.24, 2.45) is 50.7 Å². The van der Waals surface area contributed by atoms with Gasteiger partial charge in [0.2, 0.25) is 6.29 Å². The van der Waals surface area contributed by atoms with E-state index in [2.05, 4.69) is 13.8 Å². The molecule has 0 amide bonds. The fraction of sp³-hybridized carbons (Fsp3) is 0.977.